The van der Waals surface area contributed by atoms with Gasteiger partial charge in [0.05, 0.1) is 5.56 Å². The number of hydrogen-bond donors (Lipinski definition) is 1. The summed E-state index contributed by atoms with van der Waals surface area (Å²) < 4.78 is 4.97. The van der Waals surface area contributed by atoms with E-state index in [-0.39, 0.29) is 0 Å². The molecule has 1 aliphatic carbocycles. The van der Waals surface area contributed by atoms with Gasteiger partial charge in [0, 0.05) is 19.1 Å². The third kappa shape index (κ3) is 1.53. The molecule has 0 spiro atoms. The van der Waals surface area contributed by atoms with Crippen LogP contribution in [0, 0.1) is 0 Å². The smallest absolute Gasteiger partial charge is 0.226 e. The lowest BCUT2D eigenvalue weighted by atomic mass is 9.94. The molecule has 2 heterocycles. The quantitative estimate of drug-likeness (QED) is 0.764. The second-order valence-electron chi connectivity index (χ2n) is 4.67. The predicted molar refractivity (Wildman–Crippen MR) is 57.0 cm³/mol. The molecule has 1 aromatic rings. The standard InChI is InChI=1S/C11H17N3O/c12-11-9-6-14(7-10(9)13-15-11)8-4-2-1-3-5-8/h8H,1-7,12H2. The number of hydrogen-bond acceptors (Lipinski definition) is 4. The van der Waals surface area contributed by atoms with Crippen molar-refractivity contribution in [1.82, 2.24) is 10.1 Å². The summed E-state index contributed by atoms with van der Waals surface area (Å²) in [5.41, 5.74) is 7.91. The van der Waals surface area contributed by atoms with Gasteiger partial charge in [0.2, 0.25) is 5.88 Å². The van der Waals surface area contributed by atoms with E-state index in [2.05, 4.69) is 10.1 Å². The van der Waals surface area contributed by atoms with Gasteiger partial charge >= 0.3 is 0 Å². The first-order valence-corrected chi connectivity index (χ1v) is 5.81. The SMILES string of the molecule is Nc1onc2c1CN(C1CCCCC1)C2. The van der Waals surface area contributed by atoms with Gasteiger partial charge in [-0.15, -0.1) is 0 Å². The van der Waals surface area contributed by atoms with Crippen LogP contribution in [-0.4, -0.2) is 16.1 Å². The lowest BCUT2D eigenvalue weighted by Crippen LogP contribution is -2.32. The molecule has 3 rings (SSSR count). The molecule has 2 N–H and O–H groups in total. The molecular formula is C11H17N3O. The lowest BCUT2D eigenvalue weighted by molar-refractivity contribution is 0.152. The van der Waals surface area contributed by atoms with Crippen molar-refractivity contribution in [3.05, 3.63) is 11.3 Å². The van der Waals surface area contributed by atoms with Crippen LogP contribution in [0.1, 0.15) is 43.4 Å². The molecule has 0 radical (unpaired) electrons. The Labute approximate surface area is 89.4 Å². The van der Waals surface area contributed by atoms with Crippen molar-refractivity contribution in [2.24, 2.45) is 0 Å². The average Bonchev–Trinajstić information content (AvgIpc) is 2.83. The summed E-state index contributed by atoms with van der Waals surface area (Å²) in [7, 11) is 0. The van der Waals surface area contributed by atoms with Crippen molar-refractivity contribution in [3.63, 3.8) is 0 Å². The number of nitrogen functional groups attached to an aromatic ring is 1. The van der Waals surface area contributed by atoms with Crippen LogP contribution < -0.4 is 5.73 Å². The van der Waals surface area contributed by atoms with Crippen molar-refractivity contribution in [2.45, 2.75) is 51.2 Å². The third-order valence-corrected chi connectivity index (χ3v) is 3.71. The molecule has 1 aliphatic heterocycles. The van der Waals surface area contributed by atoms with E-state index < -0.39 is 0 Å². The molecule has 1 saturated carbocycles. The molecule has 2 aliphatic rings. The number of nitrogens with zero attached hydrogens (tertiary/aromatic N) is 2. The molecule has 15 heavy (non-hydrogen) atoms. The highest BCUT2D eigenvalue weighted by Gasteiger charge is 2.31. The first kappa shape index (κ1) is 9.21. The second-order valence-corrected chi connectivity index (χ2v) is 4.67. The molecule has 0 aromatic carbocycles. The van der Waals surface area contributed by atoms with Crippen LogP contribution in [-0.2, 0) is 13.1 Å². The van der Waals surface area contributed by atoms with Crippen LogP contribution in [0.4, 0.5) is 5.88 Å². The van der Waals surface area contributed by atoms with Crippen LogP contribution in [0.3, 0.4) is 0 Å². The van der Waals surface area contributed by atoms with Crippen LogP contribution in [0.5, 0.6) is 0 Å². The molecule has 82 valence electrons. The van der Waals surface area contributed by atoms with E-state index >= 15 is 0 Å². The van der Waals surface area contributed by atoms with E-state index in [0.717, 1.165) is 30.4 Å². The summed E-state index contributed by atoms with van der Waals surface area (Å²) in [4.78, 5) is 2.50. The topological polar surface area (TPSA) is 55.3 Å². The van der Waals surface area contributed by atoms with Gasteiger partial charge in [0.25, 0.3) is 0 Å². The zero-order valence-electron chi connectivity index (χ0n) is 8.91. The Balaban J connectivity index is 1.72. The number of rotatable bonds is 1. The summed E-state index contributed by atoms with van der Waals surface area (Å²) in [6.45, 7) is 1.87. The van der Waals surface area contributed by atoms with Gasteiger partial charge in [-0.2, -0.15) is 0 Å². The van der Waals surface area contributed by atoms with E-state index in [1.54, 1.807) is 0 Å². The molecule has 0 unspecified atom stereocenters. The molecule has 4 nitrogen and oxygen atoms in total. The van der Waals surface area contributed by atoms with Crippen LogP contribution in [0.25, 0.3) is 0 Å². The maximum atomic E-state index is 5.73. The van der Waals surface area contributed by atoms with Gasteiger partial charge in [-0.3, -0.25) is 4.90 Å². The molecule has 0 saturated heterocycles. The van der Waals surface area contributed by atoms with E-state index in [1.165, 1.54) is 32.1 Å². The van der Waals surface area contributed by atoms with Gasteiger partial charge in [-0.1, -0.05) is 24.4 Å². The van der Waals surface area contributed by atoms with Crippen molar-refractivity contribution in [2.75, 3.05) is 5.73 Å². The molecule has 1 aromatic heterocycles. The maximum absolute atomic E-state index is 5.73. The minimum Gasteiger partial charge on any atom is -0.367 e. The fourth-order valence-electron chi connectivity index (χ4n) is 2.81. The van der Waals surface area contributed by atoms with Gasteiger partial charge in [0.1, 0.15) is 5.69 Å². The minimum atomic E-state index is 0.517. The van der Waals surface area contributed by atoms with Gasteiger partial charge in [-0.25, -0.2) is 0 Å². The lowest BCUT2D eigenvalue weighted by Gasteiger charge is -2.30. The van der Waals surface area contributed by atoms with E-state index in [9.17, 15) is 0 Å². The highest BCUT2D eigenvalue weighted by molar-refractivity contribution is 5.41. The van der Waals surface area contributed by atoms with Crippen molar-refractivity contribution in [1.29, 1.82) is 0 Å². The zero-order chi connectivity index (χ0) is 10.3. The van der Waals surface area contributed by atoms with Gasteiger partial charge < -0.3 is 10.3 Å². The highest BCUT2D eigenvalue weighted by atomic mass is 16.5. The Bertz CT molecular complexity index is 355. The summed E-state index contributed by atoms with van der Waals surface area (Å²) in [5.74, 6) is 0.517. The summed E-state index contributed by atoms with van der Waals surface area (Å²) in [6.07, 6.45) is 6.82. The summed E-state index contributed by atoms with van der Waals surface area (Å²) >= 11 is 0. The fraction of sp³-hybridized carbons (Fsp3) is 0.727. The molecule has 0 amide bonds. The summed E-state index contributed by atoms with van der Waals surface area (Å²) in [6, 6.07) is 0.743. The normalized spacial score (nSPS) is 23.2. The minimum absolute atomic E-state index is 0.517. The molecule has 4 heteroatoms. The number of nitrogens with two attached hydrogens (primary N) is 1. The maximum Gasteiger partial charge on any atom is 0.226 e. The van der Waals surface area contributed by atoms with E-state index in [0.29, 0.717) is 5.88 Å². The van der Waals surface area contributed by atoms with Crippen molar-refractivity contribution in [3.8, 4) is 0 Å². The Morgan fingerprint density at radius 3 is 2.73 bits per heavy atom. The van der Waals surface area contributed by atoms with Crippen LogP contribution in [0.15, 0.2) is 4.52 Å². The summed E-state index contributed by atoms with van der Waals surface area (Å²) in [5, 5.41) is 4.00. The average molecular weight is 207 g/mol. The first-order valence-electron chi connectivity index (χ1n) is 5.81. The van der Waals surface area contributed by atoms with Gasteiger partial charge in [0.15, 0.2) is 0 Å². The van der Waals surface area contributed by atoms with Crippen LogP contribution >= 0.6 is 0 Å². The number of aromatic nitrogens is 1. The van der Waals surface area contributed by atoms with Crippen molar-refractivity contribution < 1.29 is 4.52 Å². The Kier molecular flexibility index (Phi) is 2.16. The monoisotopic (exact) mass is 207 g/mol. The molecular weight excluding hydrogens is 190 g/mol. The van der Waals surface area contributed by atoms with Crippen LogP contribution in [0.2, 0.25) is 0 Å². The molecule has 0 bridgehead atoms. The van der Waals surface area contributed by atoms with Gasteiger partial charge in [-0.05, 0) is 12.8 Å². The number of anilines is 1. The Morgan fingerprint density at radius 2 is 2.00 bits per heavy atom. The Morgan fingerprint density at radius 1 is 1.20 bits per heavy atom. The predicted octanol–water partition coefficient (Wildman–Crippen LogP) is 1.91. The fourth-order valence-corrected chi connectivity index (χ4v) is 2.81. The first-order chi connectivity index (χ1) is 7.34. The molecule has 1 fully saturated rings. The van der Waals surface area contributed by atoms with Crippen molar-refractivity contribution >= 4 is 5.88 Å². The third-order valence-electron chi connectivity index (χ3n) is 3.71. The second kappa shape index (κ2) is 3.52. The number of fused-ring (bicyclic) bond motifs is 1. The Hall–Kier alpha value is -1.03. The highest BCUT2D eigenvalue weighted by Crippen LogP contribution is 2.32. The van der Waals surface area contributed by atoms with E-state index in [1.807, 2.05) is 0 Å². The molecule has 0 atom stereocenters. The zero-order valence-corrected chi connectivity index (χ0v) is 8.91. The van der Waals surface area contributed by atoms with E-state index in [4.69, 9.17) is 10.3 Å². The largest absolute Gasteiger partial charge is 0.367 e.